The van der Waals surface area contributed by atoms with E-state index >= 15 is 0 Å². The molecule has 0 saturated heterocycles. The van der Waals surface area contributed by atoms with Crippen LogP contribution in [0, 0.1) is 23.7 Å². The molecule has 4 bridgehead atoms. The summed E-state index contributed by atoms with van der Waals surface area (Å²) in [5.74, 6) is 5.02. The molecule has 0 amide bonds. The van der Waals surface area contributed by atoms with E-state index in [2.05, 4.69) is 9.36 Å². The topological polar surface area (TPSA) is 51.8 Å². The predicted molar refractivity (Wildman–Crippen MR) is 64.1 cm³/mol. The van der Waals surface area contributed by atoms with Crippen LogP contribution in [0.25, 0.3) is 0 Å². The van der Waals surface area contributed by atoms with E-state index in [-0.39, 0.29) is 0 Å². The first kappa shape index (κ1) is 9.40. The average Bonchev–Trinajstić information content (AvgIpc) is 2.63. The maximum Gasteiger partial charge on any atom is 0.232 e. The molecule has 86 valence electrons. The smallest absolute Gasteiger partial charge is 0.232 e. The molecular weight excluding hydrogens is 218 g/mol. The van der Waals surface area contributed by atoms with Crippen molar-refractivity contribution in [2.45, 2.75) is 38.0 Å². The van der Waals surface area contributed by atoms with Crippen molar-refractivity contribution in [2.75, 3.05) is 5.73 Å². The molecule has 0 aromatic carbocycles. The largest absolute Gasteiger partial charge is 0.367 e. The molecule has 0 radical (unpaired) electrons. The molecule has 2 N–H and O–H groups in total. The number of aromatic nitrogens is 2. The lowest BCUT2D eigenvalue weighted by Crippen LogP contribution is -2.43. The number of hydrogen-bond acceptors (Lipinski definition) is 4. The molecule has 0 unspecified atom stereocenters. The summed E-state index contributed by atoms with van der Waals surface area (Å²) in [6, 6.07) is 0. The first-order valence-corrected chi connectivity index (χ1v) is 7.16. The van der Waals surface area contributed by atoms with Crippen molar-refractivity contribution >= 4 is 17.5 Å². The molecule has 3 nitrogen and oxygen atoms in total. The summed E-state index contributed by atoms with van der Waals surface area (Å²) in [5.41, 5.74) is 5.66. The molecule has 4 saturated carbocycles. The van der Waals surface area contributed by atoms with Gasteiger partial charge in [0.1, 0.15) is 5.01 Å². The average molecular weight is 235 g/mol. The number of nitrogen functional groups attached to an aromatic ring is 1. The molecule has 0 atom stereocenters. The Labute approximate surface area is 99.6 Å². The minimum atomic E-state index is 0.480. The minimum Gasteiger partial charge on any atom is -0.367 e. The quantitative estimate of drug-likeness (QED) is 0.814. The molecule has 0 spiro atoms. The van der Waals surface area contributed by atoms with Gasteiger partial charge in [0.15, 0.2) is 0 Å². The van der Waals surface area contributed by atoms with Crippen molar-refractivity contribution < 1.29 is 0 Å². The first-order valence-electron chi connectivity index (χ1n) is 6.38. The zero-order valence-electron chi connectivity index (χ0n) is 9.30. The summed E-state index contributed by atoms with van der Waals surface area (Å²) in [6.07, 6.45) is 7.28. The van der Waals surface area contributed by atoms with Crippen molar-refractivity contribution in [1.29, 1.82) is 0 Å². The van der Waals surface area contributed by atoms with Crippen LogP contribution >= 0.6 is 11.5 Å². The lowest BCUT2D eigenvalue weighted by molar-refractivity contribution is -0.00280. The van der Waals surface area contributed by atoms with Crippen molar-refractivity contribution in [3.8, 4) is 0 Å². The second-order valence-corrected chi connectivity index (χ2v) is 6.73. The molecule has 1 heterocycles. The second-order valence-electron chi connectivity index (χ2n) is 5.95. The van der Waals surface area contributed by atoms with Gasteiger partial charge < -0.3 is 5.73 Å². The van der Waals surface area contributed by atoms with Crippen molar-refractivity contribution in [1.82, 2.24) is 9.36 Å². The van der Waals surface area contributed by atoms with Crippen LogP contribution < -0.4 is 5.73 Å². The molecule has 16 heavy (non-hydrogen) atoms. The molecule has 5 rings (SSSR count). The highest BCUT2D eigenvalue weighted by Gasteiger charge is 2.49. The van der Waals surface area contributed by atoms with E-state index in [0.717, 1.165) is 23.7 Å². The van der Waals surface area contributed by atoms with E-state index in [0.29, 0.717) is 11.9 Å². The van der Waals surface area contributed by atoms with E-state index in [1.54, 1.807) is 11.5 Å². The van der Waals surface area contributed by atoms with Crippen LogP contribution in [-0.2, 0) is 0 Å². The highest BCUT2D eigenvalue weighted by Crippen LogP contribution is 2.59. The van der Waals surface area contributed by atoms with Gasteiger partial charge >= 0.3 is 0 Å². The van der Waals surface area contributed by atoms with Gasteiger partial charge in [-0.2, -0.15) is 4.37 Å². The summed E-state index contributed by atoms with van der Waals surface area (Å²) in [7, 11) is 0. The summed E-state index contributed by atoms with van der Waals surface area (Å²) in [6.45, 7) is 0. The van der Waals surface area contributed by atoms with E-state index in [1.165, 1.54) is 37.1 Å². The monoisotopic (exact) mass is 235 g/mol. The zero-order chi connectivity index (χ0) is 10.7. The summed E-state index contributed by atoms with van der Waals surface area (Å²) >= 11 is 1.54. The molecule has 4 aliphatic carbocycles. The Kier molecular flexibility index (Phi) is 1.87. The third-order valence-corrected chi connectivity index (χ3v) is 5.80. The van der Waals surface area contributed by atoms with Crippen LogP contribution in [0.4, 0.5) is 5.95 Å². The number of hydrogen-bond donors (Lipinski definition) is 1. The molecule has 1 aromatic heterocycles. The number of nitrogens with two attached hydrogens (primary N) is 1. The lowest BCUT2D eigenvalue weighted by Gasteiger charge is -2.53. The summed E-state index contributed by atoms with van der Waals surface area (Å²) < 4.78 is 4.16. The third kappa shape index (κ3) is 1.25. The Morgan fingerprint density at radius 1 is 1.00 bits per heavy atom. The fourth-order valence-corrected chi connectivity index (χ4v) is 5.58. The molecular formula is C12H17N3S. The van der Waals surface area contributed by atoms with E-state index in [1.807, 2.05) is 0 Å². The van der Waals surface area contributed by atoms with Gasteiger partial charge in [-0.1, -0.05) is 0 Å². The SMILES string of the molecule is Nc1nsc(C2C3CC4CC(C3)CC2C4)n1. The third-order valence-electron chi connectivity index (χ3n) is 4.97. The molecule has 0 aliphatic heterocycles. The molecule has 1 aromatic rings. The van der Waals surface area contributed by atoms with Gasteiger partial charge in [0.25, 0.3) is 0 Å². The van der Waals surface area contributed by atoms with Crippen LogP contribution in [0.5, 0.6) is 0 Å². The first-order chi connectivity index (χ1) is 7.79. The minimum absolute atomic E-state index is 0.480. The predicted octanol–water partition coefficient (Wildman–Crippen LogP) is 2.66. The fraction of sp³-hybridized carbons (Fsp3) is 0.833. The highest BCUT2D eigenvalue weighted by molar-refractivity contribution is 7.05. The maximum atomic E-state index is 5.66. The zero-order valence-corrected chi connectivity index (χ0v) is 10.1. The van der Waals surface area contributed by atoms with Gasteiger partial charge in [-0.25, -0.2) is 4.98 Å². The highest BCUT2D eigenvalue weighted by atomic mass is 32.1. The molecule has 4 fully saturated rings. The summed E-state index contributed by atoms with van der Waals surface area (Å²) in [5, 5.41) is 1.23. The summed E-state index contributed by atoms with van der Waals surface area (Å²) in [4.78, 5) is 4.44. The number of rotatable bonds is 1. The van der Waals surface area contributed by atoms with Crippen molar-refractivity contribution in [3.63, 3.8) is 0 Å². The lowest BCUT2D eigenvalue weighted by atomic mass is 9.52. The number of nitrogens with zero attached hydrogens (tertiary/aromatic N) is 2. The van der Waals surface area contributed by atoms with Gasteiger partial charge in [-0.15, -0.1) is 0 Å². The normalized spacial score (nSPS) is 45.1. The van der Waals surface area contributed by atoms with E-state index < -0.39 is 0 Å². The van der Waals surface area contributed by atoms with Crippen LogP contribution in [0.15, 0.2) is 0 Å². The second kappa shape index (κ2) is 3.19. The van der Waals surface area contributed by atoms with Crippen molar-refractivity contribution in [2.24, 2.45) is 23.7 Å². The van der Waals surface area contributed by atoms with Gasteiger partial charge in [0.05, 0.1) is 0 Å². The Hall–Kier alpha value is -0.640. The van der Waals surface area contributed by atoms with Gasteiger partial charge in [0.2, 0.25) is 5.95 Å². The standard InChI is InChI=1S/C12H17N3S/c13-12-14-11(16-15-12)10-8-2-6-1-7(4-8)5-9(10)3-6/h6-10H,1-5H2,(H2,13,15). The number of anilines is 1. The van der Waals surface area contributed by atoms with Crippen LogP contribution in [0.2, 0.25) is 0 Å². The van der Waals surface area contributed by atoms with E-state index in [4.69, 9.17) is 5.73 Å². The van der Waals surface area contributed by atoms with Gasteiger partial charge in [0, 0.05) is 5.92 Å². The van der Waals surface area contributed by atoms with Gasteiger partial charge in [-0.3, -0.25) is 0 Å². The Morgan fingerprint density at radius 2 is 1.62 bits per heavy atom. The maximum absolute atomic E-state index is 5.66. The van der Waals surface area contributed by atoms with Crippen LogP contribution in [0.1, 0.15) is 43.0 Å². The Morgan fingerprint density at radius 3 is 2.12 bits per heavy atom. The fourth-order valence-electron chi connectivity index (χ4n) is 4.71. The van der Waals surface area contributed by atoms with Crippen LogP contribution in [0.3, 0.4) is 0 Å². The Bertz CT molecular complexity index is 386. The van der Waals surface area contributed by atoms with E-state index in [9.17, 15) is 0 Å². The Balaban J connectivity index is 1.69. The molecule has 4 heteroatoms. The molecule has 4 aliphatic rings. The van der Waals surface area contributed by atoms with Crippen LogP contribution in [-0.4, -0.2) is 9.36 Å². The van der Waals surface area contributed by atoms with Gasteiger partial charge in [-0.05, 0) is 67.3 Å². The van der Waals surface area contributed by atoms with Crippen molar-refractivity contribution in [3.05, 3.63) is 5.01 Å².